The fourth-order valence-corrected chi connectivity index (χ4v) is 10.7. The van der Waals surface area contributed by atoms with E-state index in [1.807, 2.05) is 125 Å². The molecular formula is C75H76N4O. The third kappa shape index (κ3) is 9.42. The molecule has 0 saturated carbocycles. The van der Waals surface area contributed by atoms with Crippen LogP contribution in [-0.2, 0) is 27.1 Å². The van der Waals surface area contributed by atoms with Crippen LogP contribution in [-0.4, -0.2) is 14.1 Å². The van der Waals surface area contributed by atoms with Gasteiger partial charge in [-0.2, -0.15) is 0 Å². The molecule has 0 radical (unpaired) electrons. The van der Waals surface area contributed by atoms with Crippen LogP contribution in [0.5, 0.6) is 11.5 Å². The van der Waals surface area contributed by atoms with Crippen molar-refractivity contribution in [3.05, 3.63) is 222 Å². The summed E-state index contributed by atoms with van der Waals surface area (Å²) in [6.45, 7) is -1.02. The number of hydrogen-bond donors (Lipinski definition) is 0. The van der Waals surface area contributed by atoms with Gasteiger partial charge in [0.15, 0.2) is 0 Å². The average Bonchev–Trinajstić information content (AvgIpc) is 0.727. The first-order valence-electron chi connectivity index (χ1n) is 37.8. The Hall–Kier alpha value is -8.02. The van der Waals surface area contributed by atoms with Gasteiger partial charge in [0.05, 0.1) is 37.6 Å². The lowest BCUT2D eigenvalue weighted by molar-refractivity contribution is -0.571. The van der Waals surface area contributed by atoms with Gasteiger partial charge in [-0.05, 0) is 150 Å². The molecule has 80 heavy (non-hydrogen) atoms. The standard InChI is InChI=1S/C75H76N4O/c1-48-38-69(76-46-62(48)49-22-19-23-52(39-49)71(2,3)4)79-65-29-16-15-26-60(65)61-34-33-57(45-68(61)79)80-56-25-20-24-55(44-56)77-47-78(67-31-18-17-30-66(67)77)70-58(50-32-35-63-64(42-50)75(13,14)37-36-74(63,11)12)27-21-28-59(70)51-40-53(72(5,6)7)43-54(41-51)73(8,9)10/h15-35,38-46H,36-37H2,1-14H3/i1D3,11D3,12D3,13D3,14D3,32D,35D,36D2,37D2,42D. The molecule has 402 valence electrons. The van der Waals surface area contributed by atoms with Gasteiger partial charge in [-0.3, -0.25) is 13.7 Å². The van der Waals surface area contributed by atoms with Gasteiger partial charge < -0.3 is 4.74 Å². The van der Waals surface area contributed by atoms with E-state index in [2.05, 4.69) is 33.2 Å². The average molecular weight is 1070 g/mol. The van der Waals surface area contributed by atoms with Crippen molar-refractivity contribution in [1.82, 2.24) is 14.1 Å². The first kappa shape index (κ1) is 32.9. The summed E-state index contributed by atoms with van der Waals surface area (Å²) in [5.74, 6) is 1.11. The molecule has 0 N–H and O–H groups in total. The molecule has 3 heterocycles. The number of fused-ring (bicyclic) bond motifs is 5. The quantitative estimate of drug-likeness (QED) is 0.112. The molecule has 0 spiro atoms. The van der Waals surface area contributed by atoms with Crippen molar-refractivity contribution in [2.24, 2.45) is 0 Å². The number of rotatable bonds is 8. The van der Waals surface area contributed by atoms with E-state index in [-0.39, 0.29) is 22.2 Å². The highest BCUT2D eigenvalue weighted by Crippen LogP contribution is 2.48. The molecule has 1 aliphatic rings. The molecule has 0 saturated heterocycles. The summed E-state index contributed by atoms with van der Waals surface area (Å²) in [4.78, 5) is 4.96. The molecule has 5 heteroatoms. The van der Waals surface area contributed by atoms with Crippen LogP contribution in [0.2, 0.25) is 0 Å². The van der Waals surface area contributed by atoms with E-state index < -0.39 is 103 Å². The first-order valence-corrected chi connectivity index (χ1v) is 26.8. The maximum absolute atomic E-state index is 10.4. The van der Waals surface area contributed by atoms with Crippen molar-refractivity contribution in [2.75, 3.05) is 0 Å². The highest BCUT2D eigenvalue weighted by Gasteiger charge is 2.37. The predicted octanol–water partition coefficient (Wildman–Crippen LogP) is 19.5. The van der Waals surface area contributed by atoms with Crippen LogP contribution in [0.25, 0.3) is 83.4 Å². The van der Waals surface area contributed by atoms with Gasteiger partial charge in [0.25, 0.3) is 6.33 Å². The fraction of sp³-hybridized carbons (Fsp3) is 0.280. The maximum Gasteiger partial charge on any atom is 0.269 e. The second kappa shape index (κ2) is 19.1. The molecule has 0 unspecified atom stereocenters. The zero-order valence-electron chi connectivity index (χ0n) is 68.3. The Kier molecular flexibility index (Phi) is 7.85. The lowest BCUT2D eigenvalue weighted by atomic mass is 9.63. The van der Waals surface area contributed by atoms with E-state index in [0.717, 1.165) is 38.5 Å². The van der Waals surface area contributed by atoms with Gasteiger partial charge in [0.1, 0.15) is 17.3 Å². The van der Waals surface area contributed by atoms with E-state index in [0.29, 0.717) is 56.2 Å². The molecular weight excluding hydrogens is 973 g/mol. The Morgan fingerprint density at radius 2 is 1.20 bits per heavy atom. The Labute approximate surface area is 505 Å². The second-order valence-electron chi connectivity index (χ2n) is 24.1. The first-order chi connectivity index (χ1) is 46.9. The van der Waals surface area contributed by atoms with Crippen LogP contribution in [0.1, 0.15) is 166 Å². The summed E-state index contributed by atoms with van der Waals surface area (Å²) in [5.41, 5.74) is -5.86. The van der Waals surface area contributed by atoms with E-state index in [9.17, 15) is 9.60 Å². The van der Waals surface area contributed by atoms with Gasteiger partial charge in [0.2, 0.25) is 0 Å². The number of aryl methyl sites for hydroxylation is 1. The molecule has 0 fully saturated rings. The normalized spacial score (nSPS) is 20.6. The molecule has 1 aliphatic carbocycles. The van der Waals surface area contributed by atoms with Crippen molar-refractivity contribution in [3.8, 4) is 62.1 Å². The second-order valence-corrected chi connectivity index (χ2v) is 24.1. The van der Waals surface area contributed by atoms with Gasteiger partial charge in [-0.15, -0.1) is 0 Å². The smallest absolute Gasteiger partial charge is 0.269 e. The van der Waals surface area contributed by atoms with Crippen LogP contribution in [0.3, 0.4) is 0 Å². The van der Waals surface area contributed by atoms with Gasteiger partial charge in [-0.1, -0.05) is 217 Å². The van der Waals surface area contributed by atoms with Crippen LogP contribution in [0.4, 0.5) is 0 Å². The monoisotopic (exact) mass is 1070 g/mol. The summed E-state index contributed by atoms with van der Waals surface area (Å²) in [6.07, 6.45) is -3.93. The summed E-state index contributed by atoms with van der Waals surface area (Å²) in [5, 5.41) is 1.72. The topological polar surface area (TPSA) is 35.9 Å². The largest absolute Gasteiger partial charge is 0.458 e. The van der Waals surface area contributed by atoms with E-state index in [1.54, 1.807) is 82.1 Å². The van der Waals surface area contributed by atoms with E-state index >= 15 is 0 Å². The van der Waals surface area contributed by atoms with E-state index in [1.165, 1.54) is 6.07 Å². The summed E-state index contributed by atoms with van der Waals surface area (Å²) >= 11 is 0. The number of nitrogens with zero attached hydrogens (tertiary/aromatic N) is 4. The van der Waals surface area contributed by atoms with Gasteiger partial charge >= 0.3 is 0 Å². The predicted molar refractivity (Wildman–Crippen MR) is 335 cm³/mol. The van der Waals surface area contributed by atoms with Gasteiger partial charge in [0, 0.05) is 54.6 Å². The molecule has 0 amide bonds. The third-order valence-corrected chi connectivity index (χ3v) is 15.2. The van der Waals surface area contributed by atoms with Crippen molar-refractivity contribution in [3.63, 3.8) is 0 Å². The Morgan fingerprint density at radius 1 is 0.562 bits per heavy atom. The number of aromatic nitrogens is 4. The number of hydrogen-bond acceptors (Lipinski definition) is 2. The number of ether oxygens (including phenoxy) is 1. The van der Waals surface area contributed by atoms with Crippen LogP contribution < -0.4 is 9.30 Å². The summed E-state index contributed by atoms with van der Waals surface area (Å²) in [7, 11) is 0. The molecule has 0 bridgehead atoms. The zero-order valence-corrected chi connectivity index (χ0v) is 46.3. The third-order valence-electron chi connectivity index (χ3n) is 15.2. The van der Waals surface area contributed by atoms with Crippen molar-refractivity contribution < 1.29 is 39.5 Å². The maximum atomic E-state index is 10.4. The number of benzene rings is 8. The molecule has 3 aromatic heterocycles. The van der Waals surface area contributed by atoms with Crippen molar-refractivity contribution >= 4 is 32.8 Å². The fourth-order valence-electron chi connectivity index (χ4n) is 10.7. The van der Waals surface area contributed by atoms with Crippen molar-refractivity contribution in [2.45, 2.75) is 136 Å². The summed E-state index contributed by atoms with van der Waals surface area (Å²) in [6, 6.07) is 43.8. The highest BCUT2D eigenvalue weighted by molar-refractivity contribution is 6.09. The van der Waals surface area contributed by atoms with E-state index in [4.69, 9.17) is 30.3 Å². The van der Waals surface area contributed by atoms with Crippen LogP contribution in [0, 0.1) is 13.2 Å². The lowest BCUT2D eigenvalue weighted by Gasteiger charge is -2.42. The highest BCUT2D eigenvalue weighted by atomic mass is 16.5. The molecule has 0 atom stereocenters. The number of imidazole rings is 1. The minimum Gasteiger partial charge on any atom is -0.458 e. The van der Waals surface area contributed by atoms with Crippen LogP contribution in [0.15, 0.2) is 182 Å². The zero-order chi connectivity index (χ0) is 75.0. The van der Waals surface area contributed by atoms with Crippen molar-refractivity contribution in [1.29, 1.82) is 0 Å². The molecule has 8 aromatic carbocycles. The number of para-hydroxylation sites is 4. The molecule has 12 rings (SSSR count). The lowest BCUT2D eigenvalue weighted by Crippen LogP contribution is -2.34. The molecule has 5 nitrogen and oxygen atoms in total. The Bertz CT molecular complexity index is 5140. The SMILES string of the molecule is [2H]c1c([2H])c2c(c([2H])c1-c1cccc(-c3cc(C(C)(C)C)cc(C(C)(C)C)c3)c1-[n+]1[c-]n(-c3cccc(Oc4ccc5c6ccccc6n(-c6cc(C([2H])([2H])[2H])c(-c7cccc(C(C)(C)C)c7)cn6)c5c4)c3)c3ccccc31)C(C([2H])([2H])[2H])(C([2H])([2H])[2H])C([2H])([2H])C([2H])([2H])C2(C([2H])([2H])[2H])C([2H])([2H])[2H]. The molecule has 0 aliphatic heterocycles. The minimum atomic E-state index is -4.53. The van der Waals surface area contributed by atoms with Crippen LogP contribution >= 0.6 is 0 Å². The Morgan fingerprint density at radius 3 is 1.93 bits per heavy atom. The van der Waals surface area contributed by atoms with Gasteiger partial charge in [-0.25, -0.2) is 4.98 Å². The summed E-state index contributed by atoms with van der Waals surface area (Å²) < 4.78 is 215. The Balaban J connectivity index is 1.09. The molecule has 11 aromatic rings. The number of pyridine rings is 1. The minimum absolute atomic E-state index is 0.0843.